The first-order chi connectivity index (χ1) is 12.4. The van der Waals surface area contributed by atoms with Crippen LogP contribution in [0, 0.1) is 0 Å². The van der Waals surface area contributed by atoms with Crippen LogP contribution in [-0.2, 0) is 4.79 Å². The quantitative estimate of drug-likeness (QED) is 0.563. The summed E-state index contributed by atoms with van der Waals surface area (Å²) >= 11 is 0. The van der Waals surface area contributed by atoms with Gasteiger partial charge in [-0.2, -0.15) is 0 Å². The van der Waals surface area contributed by atoms with E-state index in [9.17, 15) is 19.8 Å². The lowest BCUT2D eigenvalue weighted by Gasteiger charge is -2.11. The Bertz CT molecular complexity index is 840. The maximum absolute atomic E-state index is 12.3. The lowest BCUT2D eigenvalue weighted by molar-refractivity contribution is -0.307. The highest BCUT2D eigenvalue weighted by molar-refractivity contribution is 6.07. The minimum absolute atomic E-state index is 0.0295. The van der Waals surface area contributed by atoms with Gasteiger partial charge in [0.15, 0.2) is 28.8 Å². The van der Waals surface area contributed by atoms with Crippen molar-refractivity contribution in [2.45, 2.75) is 0 Å². The number of ketones is 1. The van der Waals surface area contributed by atoms with Gasteiger partial charge in [-0.15, -0.1) is 0 Å². The van der Waals surface area contributed by atoms with Crippen LogP contribution in [0.1, 0.15) is 15.9 Å². The molecule has 0 aliphatic rings. The van der Waals surface area contributed by atoms with Crippen LogP contribution >= 0.6 is 0 Å². The summed E-state index contributed by atoms with van der Waals surface area (Å²) in [4.78, 5) is 22.8. The van der Waals surface area contributed by atoms with Crippen molar-refractivity contribution in [3.8, 4) is 23.0 Å². The zero-order valence-electron chi connectivity index (χ0n) is 14.2. The maximum atomic E-state index is 12.3. The number of rotatable bonds is 8. The fraction of sp³-hybridized carbons (Fsp3) is 0.158. The molecule has 0 aliphatic heterocycles. The molecule has 0 saturated heterocycles. The highest BCUT2D eigenvalue weighted by Gasteiger charge is 2.10. The third-order valence-electron chi connectivity index (χ3n) is 3.42. The third kappa shape index (κ3) is 4.76. The third-order valence-corrected chi connectivity index (χ3v) is 3.42. The molecule has 0 aliphatic carbocycles. The number of allylic oxidation sites excluding steroid dienone is 1. The molecule has 0 amide bonds. The number of hydrogen-bond donors (Lipinski definition) is 1. The molecular weight excluding hydrogens is 340 g/mol. The predicted molar refractivity (Wildman–Crippen MR) is 91.5 cm³/mol. The molecule has 0 fully saturated rings. The number of carboxylic acids is 1. The van der Waals surface area contributed by atoms with E-state index in [4.69, 9.17) is 14.2 Å². The Morgan fingerprint density at radius 1 is 1.04 bits per heavy atom. The molecule has 2 aromatic carbocycles. The summed E-state index contributed by atoms with van der Waals surface area (Å²) < 4.78 is 15.1. The van der Waals surface area contributed by atoms with Crippen molar-refractivity contribution in [3.63, 3.8) is 0 Å². The van der Waals surface area contributed by atoms with E-state index in [0.29, 0.717) is 16.9 Å². The Balaban J connectivity index is 2.16. The highest BCUT2D eigenvalue weighted by Crippen LogP contribution is 2.29. The Hall–Kier alpha value is -3.48. The smallest absolute Gasteiger partial charge is 0.185 e. The Morgan fingerprint density at radius 3 is 2.35 bits per heavy atom. The minimum Gasteiger partial charge on any atom is -0.546 e. The molecule has 7 heteroatoms. The van der Waals surface area contributed by atoms with E-state index in [0.717, 1.165) is 0 Å². The van der Waals surface area contributed by atoms with Crippen LogP contribution in [0.5, 0.6) is 23.0 Å². The number of aliphatic carboxylic acids is 1. The SMILES string of the molecule is COc1ccc(/C=C/C(=O)c2ccc(OCC(=O)[O-])c(OC)c2)cc1O. The molecule has 0 aromatic heterocycles. The van der Waals surface area contributed by atoms with Gasteiger partial charge in [0.05, 0.1) is 20.2 Å². The zero-order chi connectivity index (χ0) is 19.1. The molecule has 1 N–H and O–H groups in total. The standard InChI is InChI=1S/C19H18O7/c1-24-16-7-4-12(9-15(16)21)3-6-14(20)13-5-8-17(18(10-13)25-2)26-11-19(22)23/h3-10,21H,11H2,1-2H3,(H,22,23)/p-1/b6-3+. The number of ether oxygens (including phenoxy) is 3. The molecule has 2 rings (SSSR count). The van der Waals surface area contributed by atoms with E-state index in [1.807, 2.05) is 0 Å². The lowest BCUT2D eigenvalue weighted by atomic mass is 10.1. The Morgan fingerprint density at radius 2 is 1.73 bits per heavy atom. The number of hydrogen-bond acceptors (Lipinski definition) is 7. The van der Waals surface area contributed by atoms with Crippen molar-refractivity contribution >= 4 is 17.8 Å². The minimum atomic E-state index is -1.36. The number of methoxy groups -OCH3 is 2. The highest BCUT2D eigenvalue weighted by atomic mass is 16.5. The van der Waals surface area contributed by atoms with Gasteiger partial charge in [-0.3, -0.25) is 4.79 Å². The van der Waals surface area contributed by atoms with Gasteiger partial charge in [-0.25, -0.2) is 0 Å². The summed E-state index contributed by atoms with van der Waals surface area (Å²) in [5, 5.41) is 20.2. The number of phenols is 1. The molecule has 0 spiro atoms. The Labute approximate surface area is 150 Å². The monoisotopic (exact) mass is 357 g/mol. The Kier molecular flexibility index (Phi) is 6.21. The van der Waals surface area contributed by atoms with Gasteiger partial charge in [0, 0.05) is 5.56 Å². The topological polar surface area (TPSA) is 105 Å². The van der Waals surface area contributed by atoms with Gasteiger partial charge in [0.2, 0.25) is 0 Å². The second-order valence-corrected chi connectivity index (χ2v) is 5.16. The fourth-order valence-corrected chi connectivity index (χ4v) is 2.16. The van der Waals surface area contributed by atoms with Crippen molar-refractivity contribution < 1.29 is 34.0 Å². The van der Waals surface area contributed by atoms with E-state index in [2.05, 4.69) is 0 Å². The summed E-state index contributed by atoms with van der Waals surface area (Å²) in [6.07, 6.45) is 2.90. The van der Waals surface area contributed by atoms with Crippen molar-refractivity contribution in [3.05, 3.63) is 53.6 Å². The summed E-state index contributed by atoms with van der Waals surface area (Å²) in [6, 6.07) is 9.14. The molecule has 2 aromatic rings. The molecule has 0 radical (unpaired) electrons. The number of carbonyl (C=O) groups is 2. The zero-order valence-corrected chi connectivity index (χ0v) is 14.2. The second kappa shape index (κ2) is 8.57. The van der Waals surface area contributed by atoms with Gasteiger partial charge in [-0.05, 0) is 42.0 Å². The number of carboxylic acid groups (broad SMARTS) is 1. The summed E-state index contributed by atoms with van der Waals surface area (Å²) in [5.74, 6) is -0.934. The van der Waals surface area contributed by atoms with Gasteiger partial charge < -0.3 is 29.2 Å². The largest absolute Gasteiger partial charge is 0.546 e. The van der Waals surface area contributed by atoms with Crippen LogP contribution in [0.15, 0.2) is 42.5 Å². The molecule has 0 heterocycles. The maximum Gasteiger partial charge on any atom is 0.185 e. The normalized spacial score (nSPS) is 10.5. The van der Waals surface area contributed by atoms with Crippen molar-refractivity contribution in [2.24, 2.45) is 0 Å². The summed E-state index contributed by atoms with van der Waals surface area (Å²) in [6.45, 7) is -0.621. The average molecular weight is 357 g/mol. The molecule has 136 valence electrons. The number of aromatic hydroxyl groups is 1. The summed E-state index contributed by atoms with van der Waals surface area (Å²) in [7, 11) is 2.83. The first-order valence-electron chi connectivity index (χ1n) is 7.54. The predicted octanol–water partition coefficient (Wildman–Crippen LogP) is 1.43. The van der Waals surface area contributed by atoms with E-state index in [1.54, 1.807) is 18.2 Å². The van der Waals surface area contributed by atoms with Crippen LogP contribution < -0.4 is 19.3 Å². The summed E-state index contributed by atoms with van der Waals surface area (Å²) in [5.41, 5.74) is 0.953. The molecule has 0 saturated carbocycles. The molecular formula is C19H17O7-. The molecule has 0 unspecified atom stereocenters. The van der Waals surface area contributed by atoms with Gasteiger partial charge in [0.25, 0.3) is 0 Å². The van der Waals surface area contributed by atoms with E-state index in [-0.39, 0.29) is 23.0 Å². The van der Waals surface area contributed by atoms with Crippen LogP contribution in [0.3, 0.4) is 0 Å². The lowest BCUT2D eigenvalue weighted by Crippen LogP contribution is -2.29. The number of carbonyl (C=O) groups excluding carboxylic acids is 2. The van der Waals surface area contributed by atoms with E-state index < -0.39 is 12.6 Å². The molecule has 0 bridgehead atoms. The van der Waals surface area contributed by atoms with Crippen LogP contribution in [0.4, 0.5) is 0 Å². The van der Waals surface area contributed by atoms with Crippen LogP contribution in [0.2, 0.25) is 0 Å². The van der Waals surface area contributed by atoms with Gasteiger partial charge in [-0.1, -0.05) is 12.1 Å². The molecule has 26 heavy (non-hydrogen) atoms. The van der Waals surface area contributed by atoms with Gasteiger partial charge >= 0.3 is 0 Å². The average Bonchev–Trinajstić information content (AvgIpc) is 2.64. The van der Waals surface area contributed by atoms with Crippen LogP contribution in [-0.4, -0.2) is 37.7 Å². The van der Waals surface area contributed by atoms with Crippen molar-refractivity contribution in [1.82, 2.24) is 0 Å². The number of phenolic OH excluding ortho intramolecular Hbond substituents is 1. The van der Waals surface area contributed by atoms with E-state index in [1.165, 1.54) is 44.6 Å². The van der Waals surface area contributed by atoms with Crippen LogP contribution in [0.25, 0.3) is 6.08 Å². The first kappa shape index (κ1) is 18.9. The van der Waals surface area contributed by atoms with Crippen molar-refractivity contribution in [2.75, 3.05) is 20.8 Å². The van der Waals surface area contributed by atoms with Crippen molar-refractivity contribution in [1.29, 1.82) is 0 Å². The fourth-order valence-electron chi connectivity index (χ4n) is 2.16. The molecule has 0 atom stereocenters. The second-order valence-electron chi connectivity index (χ2n) is 5.16. The van der Waals surface area contributed by atoms with Gasteiger partial charge in [0.1, 0.15) is 6.61 Å². The first-order valence-corrected chi connectivity index (χ1v) is 7.54. The number of benzene rings is 2. The van der Waals surface area contributed by atoms with E-state index >= 15 is 0 Å². The molecule has 7 nitrogen and oxygen atoms in total.